The Hall–Kier alpha value is -3.31. The maximum absolute atomic E-state index is 13.5. The molecule has 0 unspecified atom stereocenters. The first-order valence-corrected chi connectivity index (χ1v) is 10.8. The number of nitrogens with one attached hydrogen (secondary N) is 1. The van der Waals surface area contributed by atoms with Gasteiger partial charge in [0.05, 0.1) is 12.2 Å². The van der Waals surface area contributed by atoms with E-state index >= 15 is 0 Å². The van der Waals surface area contributed by atoms with Crippen LogP contribution in [0.3, 0.4) is 0 Å². The number of aryl methyl sites for hydroxylation is 1. The van der Waals surface area contributed by atoms with Gasteiger partial charge >= 0.3 is 0 Å². The predicted octanol–water partition coefficient (Wildman–Crippen LogP) is 4.58. The lowest BCUT2D eigenvalue weighted by Crippen LogP contribution is -2.42. The zero-order valence-electron chi connectivity index (χ0n) is 18.1. The zero-order valence-corrected chi connectivity index (χ0v) is 18.1. The minimum Gasteiger partial charge on any atom is -0.395 e. The summed E-state index contributed by atoms with van der Waals surface area (Å²) in [5.74, 6) is 0.0298. The fraction of sp³-hybridized carbons (Fsp3) is 0.269. The summed E-state index contributed by atoms with van der Waals surface area (Å²) in [7, 11) is 0. The van der Waals surface area contributed by atoms with Crippen molar-refractivity contribution in [2.24, 2.45) is 0 Å². The lowest BCUT2D eigenvalue weighted by atomic mass is 9.98. The lowest BCUT2D eigenvalue weighted by molar-refractivity contribution is 0.0666. The van der Waals surface area contributed by atoms with Gasteiger partial charge < -0.3 is 20.2 Å². The van der Waals surface area contributed by atoms with E-state index in [0.717, 1.165) is 34.6 Å². The molecule has 0 radical (unpaired) electrons. The van der Waals surface area contributed by atoms with Crippen LogP contribution in [-0.4, -0.2) is 35.6 Å². The van der Waals surface area contributed by atoms with E-state index in [4.69, 9.17) is 0 Å². The van der Waals surface area contributed by atoms with Crippen LogP contribution in [0.4, 0.5) is 11.4 Å². The topological polar surface area (TPSA) is 55.8 Å². The highest BCUT2D eigenvalue weighted by Gasteiger charge is 2.33. The third-order valence-corrected chi connectivity index (χ3v) is 5.88. The van der Waals surface area contributed by atoms with Crippen molar-refractivity contribution < 1.29 is 9.90 Å². The van der Waals surface area contributed by atoms with E-state index in [1.807, 2.05) is 47.4 Å². The van der Waals surface area contributed by atoms with Gasteiger partial charge in [0.15, 0.2) is 0 Å². The number of hydrogen-bond acceptors (Lipinski definition) is 4. The molecule has 3 aromatic carbocycles. The van der Waals surface area contributed by atoms with Crippen LogP contribution < -0.4 is 10.2 Å². The van der Waals surface area contributed by atoms with Crippen molar-refractivity contribution in [1.29, 1.82) is 0 Å². The zero-order chi connectivity index (χ0) is 21.8. The summed E-state index contributed by atoms with van der Waals surface area (Å²) >= 11 is 0. The Balaban J connectivity index is 1.72. The first kappa shape index (κ1) is 20.9. The summed E-state index contributed by atoms with van der Waals surface area (Å²) in [6.45, 7) is 6.24. The van der Waals surface area contributed by atoms with Gasteiger partial charge in [-0.2, -0.15) is 0 Å². The molecule has 1 aliphatic heterocycles. The summed E-state index contributed by atoms with van der Waals surface area (Å²) < 4.78 is 0. The van der Waals surface area contributed by atoms with E-state index in [9.17, 15) is 9.90 Å². The van der Waals surface area contributed by atoms with E-state index in [0.29, 0.717) is 18.7 Å². The minimum atomic E-state index is -0.260. The standard InChI is InChI=1S/C26H29N3O2/c1-3-28(15-16-30)21-13-14-22(19(2)17-21)25-27-24-12-8-7-11-23(24)26(31)29(25)18-20-9-5-4-6-10-20/h4-14,17,25,27,30H,3,15-16,18H2,1-2H3/t25-/m1/s1. The summed E-state index contributed by atoms with van der Waals surface area (Å²) in [5.41, 5.74) is 5.91. The number of carbonyl (C=O) groups is 1. The van der Waals surface area contributed by atoms with Gasteiger partial charge in [-0.1, -0.05) is 48.5 Å². The quantitative estimate of drug-likeness (QED) is 0.593. The Morgan fingerprint density at radius 3 is 2.48 bits per heavy atom. The highest BCUT2D eigenvalue weighted by molar-refractivity contribution is 6.01. The summed E-state index contributed by atoms with van der Waals surface area (Å²) in [5, 5.41) is 13.0. The van der Waals surface area contributed by atoms with Crippen LogP contribution >= 0.6 is 0 Å². The second-order valence-corrected chi connectivity index (χ2v) is 7.86. The van der Waals surface area contributed by atoms with E-state index in [1.165, 1.54) is 0 Å². The Labute approximate surface area is 183 Å². The average Bonchev–Trinajstić information content (AvgIpc) is 2.80. The second-order valence-electron chi connectivity index (χ2n) is 7.86. The number of anilines is 2. The molecule has 0 saturated heterocycles. The molecule has 0 fully saturated rings. The van der Waals surface area contributed by atoms with Crippen molar-refractivity contribution >= 4 is 17.3 Å². The molecule has 5 heteroatoms. The number of hydrogen-bond donors (Lipinski definition) is 2. The minimum absolute atomic E-state index is 0.0298. The molecule has 1 atom stereocenters. The summed E-state index contributed by atoms with van der Waals surface area (Å²) in [6, 6.07) is 24.1. The first-order valence-electron chi connectivity index (χ1n) is 10.8. The summed E-state index contributed by atoms with van der Waals surface area (Å²) in [4.78, 5) is 17.5. The van der Waals surface area contributed by atoms with Crippen molar-refractivity contribution in [2.75, 3.05) is 29.9 Å². The highest BCUT2D eigenvalue weighted by Crippen LogP contribution is 2.36. The normalized spacial score (nSPS) is 15.4. The van der Waals surface area contributed by atoms with Gasteiger partial charge in [-0.05, 0) is 54.8 Å². The number of benzene rings is 3. The molecule has 2 N–H and O–H groups in total. The van der Waals surface area contributed by atoms with Gasteiger partial charge in [0.1, 0.15) is 6.17 Å². The lowest BCUT2D eigenvalue weighted by Gasteiger charge is -2.39. The second kappa shape index (κ2) is 9.23. The molecule has 1 amide bonds. The van der Waals surface area contributed by atoms with Gasteiger partial charge in [-0.15, -0.1) is 0 Å². The van der Waals surface area contributed by atoms with Crippen LogP contribution in [0.25, 0.3) is 0 Å². The van der Waals surface area contributed by atoms with Crippen LogP contribution in [0, 0.1) is 6.92 Å². The number of aliphatic hydroxyl groups excluding tert-OH is 1. The molecule has 1 aliphatic rings. The van der Waals surface area contributed by atoms with Crippen molar-refractivity contribution in [3.8, 4) is 0 Å². The smallest absolute Gasteiger partial charge is 0.258 e. The van der Waals surface area contributed by atoms with Crippen LogP contribution in [0.5, 0.6) is 0 Å². The van der Waals surface area contributed by atoms with Gasteiger partial charge in [0.2, 0.25) is 0 Å². The Morgan fingerprint density at radius 2 is 1.77 bits per heavy atom. The number of carbonyl (C=O) groups excluding carboxylic acids is 1. The largest absolute Gasteiger partial charge is 0.395 e. The maximum Gasteiger partial charge on any atom is 0.258 e. The molecular weight excluding hydrogens is 386 g/mol. The fourth-order valence-electron chi connectivity index (χ4n) is 4.24. The number of nitrogens with zero attached hydrogens (tertiary/aromatic N) is 2. The molecule has 5 nitrogen and oxygen atoms in total. The van der Waals surface area contributed by atoms with Crippen molar-refractivity contribution in [3.05, 3.63) is 95.1 Å². The highest BCUT2D eigenvalue weighted by atomic mass is 16.3. The van der Waals surface area contributed by atoms with Crippen LogP contribution in [-0.2, 0) is 6.54 Å². The van der Waals surface area contributed by atoms with E-state index in [1.54, 1.807) is 0 Å². The number of para-hydroxylation sites is 1. The van der Waals surface area contributed by atoms with Gasteiger partial charge in [0.25, 0.3) is 5.91 Å². The molecule has 0 aliphatic carbocycles. The van der Waals surface area contributed by atoms with Crippen LogP contribution in [0.1, 0.15) is 40.1 Å². The first-order chi connectivity index (χ1) is 15.1. The monoisotopic (exact) mass is 415 g/mol. The number of amides is 1. The number of fused-ring (bicyclic) bond motifs is 1. The van der Waals surface area contributed by atoms with Gasteiger partial charge in [0, 0.05) is 31.0 Å². The Morgan fingerprint density at radius 1 is 1.03 bits per heavy atom. The molecule has 0 spiro atoms. The number of aliphatic hydroxyl groups is 1. The Kier molecular flexibility index (Phi) is 6.23. The number of rotatable bonds is 7. The predicted molar refractivity (Wildman–Crippen MR) is 125 cm³/mol. The molecule has 0 aromatic heterocycles. The third kappa shape index (κ3) is 4.28. The van der Waals surface area contributed by atoms with E-state index in [-0.39, 0.29) is 18.7 Å². The third-order valence-electron chi connectivity index (χ3n) is 5.88. The maximum atomic E-state index is 13.5. The Bertz CT molecular complexity index is 1050. The van der Waals surface area contributed by atoms with Crippen molar-refractivity contribution in [3.63, 3.8) is 0 Å². The van der Waals surface area contributed by atoms with Crippen molar-refractivity contribution in [1.82, 2.24) is 4.90 Å². The summed E-state index contributed by atoms with van der Waals surface area (Å²) in [6.07, 6.45) is -0.260. The molecule has 160 valence electrons. The molecule has 0 bridgehead atoms. The molecule has 3 aromatic rings. The fourth-order valence-corrected chi connectivity index (χ4v) is 4.24. The SMILES string of the molecule is CCN(CCO)c1ccc([C@@H]2Nc3ccccc3C(=O)N2Cc2ccccc2)c(C)c1. The van der Waals surface area contributed by atoms with Crippen LogP contribution in [0.15, 0.2) is 72.8 Å². The molecule has 31 heavy (non-hydrogen) atoms. The molecular formula is C26H29N3O2. The molecule has 1 heterocycles. The average molecular weight is 416 g/mol. The van der Waals surface area contributed by atoms with E-state index in [2.05, 4.69) is 54.4 Å². The van der Waals surface area contributed by atoms with E-state index < -0.39 is 0 Å². The van der Waals surface area contributed by atoms with Crippen molar-refractivity contribution in [2.45, 2.75) is 26.6 Å². The molecule has 4 rings (SSSR count). The van der Waals surface area contributed by atoms with Gasteiger partial charge in [-0.25, -0.2) is 0 Å². The van der Waals surface area contributed by atoms with Gasteiger partial charge in [-0.3, -0.25) is 4.79 Å². The van der Waals surface area contributed by atoms with Crippen LogP contribution in [0.2, 0.25) is 0 Å². The number of likely N-dealkylation sites (N-methyl/N-ethyl adjacent to an activating group) is 1. The molecule has 0 saturated carbocycles.